The quantitative estimate of drug-likeness (QED) is 0.515. The fourth-order valence-electron chi connectivity index (χ4n) is 3.05. The van der Waals surface area contributed by atoms with E-state index < -0.39 is 28.8 Å². The lowest BCUT2D eigenvalue weighted by atomic mass is 10.2. The van der Waals surface area contributed by atoms with Crippen LogP contribution in [-0.4, -0.2) is 65.0 Å². The van der Waals surface area contributed by atoms with Crippen LogP contribution in [0.25, 0.3) is 0 Å². The highest BCUT2D eigenvalue weighted by Gasteiger charge is 2.32. The minimum absolute atomic E-state index is 0.0630. The standard InChI is InChI=1S/C18H19F3N6O5/c1-2-31-17(28)26-9-7-25(8-10-26)16-14(27(29)30)15(22-11-23-16)24-12-3-5-13(6-4-12)32-18(19,20)21/h3-6,11H,2,7-10H2,1H3,(H,22,23,24). The van der Waals surface area contributed by atoms with Crippen molar-refractivity contribution in [1.82, 2.24) is 14.9 Å². The number of nitrogens with zero attached hydrogens (tertiary/aromatic N) is 5. The lowest BCUT2D eigenvalue weighted by Gasteiger charge is -2.34. The minimum atomic E-state index is -4.83. The SMILES string of the molecule is CCOC(=O)N1CCN(c2ncnc(Nc3ccc(OC(F)(F)F)cc3)c2[N+](=O)[O-])CC1. The second-order valence-electron chi connectivity index (χ2n) is 6.52. The number of nitrogens with one attached hydrogen (secondary N) is 1. The summed E-state index contributed by atoms with van der Waals surface area (Å²) in [6.07, 6.45) is -4.14. The molecule has 1 N–H and O–H groups in total. The summed E-state index contributed by atoms with van der Waals surface area (Å²) in [5, 5.41) is 14.5. The molecule has 1 aromatic heterocycles. The van der Waals surface area contributed by atoms with Gasteiger partial charge >= 0.3 is 18.1 Å². The van der Waals surface area contributed by atoms with Crippen LogP contribution < -0.4 is 15.0 Å². The largest absolute Gasteiger partial charge is 0.573 e. The van der Waals surface area contributed by atoms with Crippen LogP contribution in [0.15, 0.2) is 30.6 Å². The van der Waals surface area contributed by atoms with Gasteiger partial charge in [0.2, 0.25) is 11.6 Å². The number of carbonyl (C=O) groups is 1. The fraction of sp³-hybridized carbons (Fsp3) is 0.389. The molecule has 2 heterocycles. The predicted octanol–water partition coefficient (Wildman–Crippen LogP) is 3.31. The molecule has 0 radical (unpaired) electrons. The van der Waals surface area contributed by atoms with Gasteiger partial charge in [0, 0.05) is 31.9 Å². The van der Waals surface area contributed by atoms with Crippen molar-refractivity contribution in [2.45, 2.75) is 13.3 Å². The maximum atomic E-state index is 12.3. The number of alkyl halides is 3. The molecule has 172 valence electrons. The Kier molecular flexibility index (Phi) is 6.80. The van der Waals surface area contributed by atoms with Crippen LogP contribution in [0.2, 0.25) is 0 Å². The molecule has 3 rings (SSSR count). The molecule has 11 nitrogen and oxygen atoms in total. The van der Waals surface area contributed by atoms with E-state index in [4.69, 9.17) is 4.74 Å². The van der Waals surface area contributed by atoms with Gasteiger partial charge < -0.3 is 24.6 Å². The van der Waals surface area contributed by atoms with E-state index in [0.29, 0.717) is 26.2 Å². The topological polar surface area (TPSA) is 123 Å². The van der Waals surface area contributed by atoms with Crippen molar-refractivity contribution in [2.24, 2.45) is 0 Å². The number of benzene rings is 1. The zero-order valence-corrected chi connectivity index (χ0v) is 16.8. The maximum Gasteiger partial charge on any atom is 0.573 e. The van der Waals surface area contributed by atoms with Crippen molar-refractivity contribution in [3.63, 3.8) is 0 Å². The number of carbonyl (C=O) groups excluding carboxylic acids is 1. The Labute approximate surface area is 179 Å². The number of nitro groups is 1. The van der Waals surface area contributed by atoms with Gasteiger partial charge in [-0.3, -0.25) is 10.1 Å². The summed E-state index contributed by atoms with van der Waals surface area (Å²) in [5.41, 5.74) is -0.132. The highest BCUT2D eigenvalue weighted by atomic mass is 19.4. The van der Waals surface area contributed by atoms with Crippen molar-refractivity contribution < 1.29 is 32.4 Å². The molecule has 1 aliphatic rings. The first-order chi connectivity index (χ1) is 15.2. The average molecular weight is 456 g/mol. The number of hydrogen-bond acceptors (Lipinski definition) is 9. The van der Waals surface area contributed by atoms with Gasteiger partial charge in [-0.1, -0.05) is 0 Å². The van der Waals surface area contributed by atoms with E-state index in [1.807, 2.05) is 0 Å². The second kappa shape index (κ2) is 9.53. The van der Waals surface area contributed by atoms with Crippen molar-refractivity contribution in [3.05, 3.63) is 40.7 Å². The third-order valence-electron chi connectivity index (χ3n) is 4.44. The molecule has 2 aromatic rings. The van der Waals surface area contributed by atoms with Gasteiger partial charge in [0.05, 0.1) is 11.5 Å². The van der Waals surface area contributed by atoms with Crippen molar-refractivity contribution >= 4 is 29.1 Å². The minimum Gasteiger partial charge on any atom is -0.450 e. The molecule has 1 fully saturated rings. The van der Waals surface area contributed by atoms with Gasteiger partial charge in [-0.2, -0.15) is 0 Å². The third kappa shape index (κ3) is 5.65. The summed E-state index contributed by atoms with van der Waals surface area (Å²) in [4.78, 5) is 34.1. The predicted molar refractivity (Wildman–Crippen MR) is 106 cm³/mol. The molecule has 0 aliphatic carbocycles. The lowest BCUT2D eigenvalue weighted by molar-refractivity contribution is -0.383. The Hall–Kier alpha value is -3.84. The van der Waals surface area contributed by atoms with Crippen LogP contribution in [-0.2, 0) is 4.74 Å². The number of ether oxygens (including phenoxy) is 2. The van der Waals surface area contributed by atoms with Crippen molar-refractivity contribution in [3.8, 4) is 5.75 Å². The molecule has 0 saturated carbocycles. The number of anilines is 3. The Morgan fingerprint density at radius 3 is 2.41 bits per heavy atom. The summed E-state index contributed by atoms with van der Waals surface area (Å²) in [5.74, 6) is -0.495. The molecule has 32 heavy (non-hydrogen) atoms. The van der Waals surface area contributed by atoms with Gasteiger partial charge in [0.15, 0.2) is 0 Å². The van der Waals surface area contributed by atoms with E-state index in [2.05, 4.69) is 20.0 Å². The molecular formula is C18H19F3N6O5. The molecule has 1 aliphatic heterocycles. The maximum absolute atomic E-state index is 12.3. The van der Waals surface area contributed by atoms with Crippen LogP contribution in [0.5, 0.6) is 5.75 Å². The summed E-state index contributed by atoms with van der Waals surface area (Å²) in [6.45, 7) is 3.12. The van der Waals surface area contributed by atoms with Crippen molar-refractivity contribution in [1.29, 1.82) is 0 Å². The van der Waals surface area contributed by atoms with Gasteiger partial charge in [-0.05, 0) is 31.2 Å². The smallest absolute Gasteiger partial charge is 0.450 e. The van der Waals surface area contributed by atoms with Gasteiger partial charge in [0.1, 0.15) is 12.1 Å². The summed E-state index contributed by atoms with van der Waals surface area (Å²) >= 11 is 0. The molecule has 0 spiro atoms. The van der Waals surface area contributed by atoms with Crippen LogP contribution in [0.1, 0.15) is 6.92 Å². The number of rotatable bonds is 6. The lowest BCUT2D eigenvalue weighted by Crippen LogP contribution is -2.49. The molecule has 1 amide bonds. The number of hydrogen-bond donors (Lipinski definition) is 1. The van der Waals surface area contributed by atoms with Crippen LogP contribution in [0.3, 0.4) is 0 Å². The van der Waals surface area contributed by atoms with Crippen LogP contribution >= 0.6 is 0 Å². The monoisotopic (exact) mass is 456 g/mol. The first-order valence-corrected chi connectivity index (χ1v) is 9.47. The highest BCUT2D eigenvalue weighted by Crippen LogP contribution is 2.34. The Balaban J connectivity index is 1.77. The normalized spacial score (nSPS) is 14.1. The summed E-state index contributed by atoms with van der Waals surface area (Å²) in [6, 6.07) is 4.67. The highest BCUT2D eigenvalue weighted by molar-refractivity contribution is 5.75. The summed E-state index contributed by atoms with van der Waals surface area (Å²) < 4.78 is 45.6. The van der Waals surface area contributed by atoms with E-state index in [0.717, 1.165) is 18.5 Å². The molecule has 0 bridgehead atoms. The third-order valence-corrected chi connectivity index (χ3v) is 4.44. The van der Waals surface area contributed by atoms with E-state index in [1.54, 1.807) is 11.8 Å². The Morgan fingerprint density at radius 2 is 1.84 bits per heavy atom. The van der Waals surface area contributed by atoms with E-state index in [1.165, 1.54) is 17.0 Å². The molecule has 0 unspecified atom stereocenters. The van der Waals surface area contributed by atoms with Crippen LogP contribution in [0, 0.1) is 10.1 Å². The Bertz CT molecular complexity index is 965. The molecule has 1 aromatic carbocycles. The first kappa shape index (κ1) is 22.8. The number of halogens is 3. The molecule has 1 saturated heterocycles. The zero-order valence-electron chi connectivity index (χ0n) is 16.8. The van der Waals surface area contributed by atoms with Gasteiger partial charge in [-0.15, -0.1) is 13.2 Å². The van der Waals surface area contributed by atoms with Crippen LogP contribution in [0.4, 0.5) is 41.0 Å². The number of amides is 1. The van der Waals surface area contributed by atoms with E-state index in [9.17, 15) is 28.1 Å². The molecular weight excluding hydrogens is 437 g/mol. The summed E-state index contributed by atoms with van der Waals surface area (Å²) in [7, 11) is 0. The molecule has 14 heteroatoms. The first-order valence-electron chi connectivity index (χ1n) is 9.47. The molecule has 0 atom stereocenters. The number of aromatic nitrogens is 2. The zero-order chi connectivity index (χ0) is 23.3. The van der Waals surface area contributed by atoms with Gasteiger partial charge in [-0.25, -0.2) is 14.8 Å². The number of piperazine rings is 1. The van der Waals surface area contributed by atoms with Crippen molar-refractivity contribution in [2.75, 3.05) is 43.0 Å². The average Bonchev–Trinajstić information content (AvgIpc) is 2.74. The van der Waals surface area contributed by atoms with E-state index >= 15 is 0 Å². The second-order valence-corrected chi connectivity index (χ2v) is 6.52. The van der Waals surface area contributed by atoms with E-state index in [-0.39, 0.29) is 23.9 Å². The Morgan fingerprint density at radius 1 is 1.19 bits per heavy atom. The van der Waals surface area contributed by atoms with Gasteiger partial charge in [0.25, 0.3) is 0 Å². The fourth-order valence-corrected chi connectivity index (χ4v) is 3.05.